The standard InChI is InChI=1S/C14H26O3/c1-10(2)14(6,9-13(3,4)5)17-12(15)7-11-8-16-11/h10-11H,7-9H2,1-6H3. The van der Waals surface area contributed by atoms with Gasteiger partial charge in [-0.05, 0) is 24.7 Å². The van der Waals surface area contributed by atoms with Gasteiger partial charge in [0.1, 0.15) is 5.60 Å². The molecule has 1 fully saturated rings. The van der Waals surface area contributed by atoms with Gasteiger partial charge in [0.05, 0.1) is 19.1 Å². The fourth-order valence-corrected chi connectivity index (χ4v) is 2.08. The lowest BCUT2D eigenvalue weighted by Gasteiger charge is -2.38. The molecule has 1 rings (SSSR count). The van der Waals surface area contributed by atoms with Crippen molar-refractivity contribution < 1.29 is 14.3 Å². The van der Waals surface area contributed by atoms with E-state index in [1.807, 2.05) is 6.92 Å². The molecule has 2 unspecified atom stereocenters. The normalized spacial score (nSPS) is 23.4. The zero-order valence-electron chi connectivity index (χ0n) is 12.0. The van der Waals surface area contributed by atoms with Gasteiger partial charge in [-0.2, -0.15) is 0 Å². The van der Waals surface area contributed by atoms with Crippen molar-refractivity contribution in [2.24, 2.45) is 11.3 Å². The van der Waals surface area contributed by atoms with Crippen molar-refractivity contribution in [3.8, 4) is 0 Å². The molecule has 0 aromatic rings. The zero-order valence-corrected chi connectivity index (χ0v) is 12.0. The van der Waals surface area contributed by atoms with E-state index in [0.717, 1.165) is 6.42 Å². The monoisotopic (exact) mass is 242 g/mol. The van der Waals surface area contributed by atoms with E-state index in [4.69, 9.17) is 9.47 Å². The van der Waals surface area contributed by atoms with Gasteiger partial charge in [-0.25, -0.2) is 0 Å². The highest BCUT2D eigenvalue weighted by Gasteiger charge is 2.38. The van der Waals surface area contributed by atoms with E-state index in [1.54, 1.807) is 0 Å². The Hall–Kier alpha value is -0.570. The summed E-state index contributed by atoms with van der Waals surface area (Å²) < 4.78 is 10.8. The fraction of sp³-hybridized carbons (Fsp3) is 0.929. The Labute approximate surface area is 105 Å². The van der Waals surface area contributed by atoms with Crippen LogP contribution in [0.1, 0.15) is 54.4 Å². The molecule has 0 N–H and O–H groups in total. The molecule has 17 heavy (non-hydrogen) atoms. The Morgan fingerprint density at radius 1 is 1.35 bits per heavy atom. The van der Waals surface area contributed by atoms with Crippen molar-refractivity contribution in [3.63, 3.8) is 0 Å². The Morgan fingerprint density at radius 3 is 2.24 bits per heavy atom. The van der Waals surface area contributed by atoms with Crippen LogP contribution < -0.4 is 0 Å². The number of ether oxygens (including phenoxy) is 2. The second kappa shape index (κ2) is 4.97. The summed E-state index contributed by atoms with van der Waals surface area (Å²) in [6, 6.07) is 0. The molecule has 0 spiro atoms. The highest BCUT2D eigenvalue weighted by atomic mass is 16.6. The van der Waals surface area contributed by atoms with Gasteiger partial charge in [-0.3, -0.25) is 4.79 Å². The number of esters is 1. The molecule has 0 bridgehead atoms. The number of carbonyl (C=O) groups excluding carboxylic acids is 1. The number of carbonyl (C=O) groups is 1. The third kappa shape index (κ3) is 5.07. The van der Waals surface area contributed by atoms with E-state index in [-0.39, 0.29) is 23.1 Å². The number of rotatable bonds is 5. The highest BCUT2D eigenvalue weighted by Crippen LogP contribution is 2.35. The number of epoxide rings is 1. The minimum Gasteiger partial charge on any atom is -0.459 e. The van der Waals surface area contributed by atoms with E-state index in [0.29, 0.717) is 18.9 Å². The van der Waals surface area contributed by atoms with Gasteiger partial charge >= 0.3 is 5.97 Å². The molecule has 0 amide bonds. The minimum atomic E-state index is -0.385. The summed E-state index contributed by atoms with van der Waals surface area (Å²) in [6.07, 6.45) is 1.37. The summed E-state index contributed by atoms with van der Waals surface area (Å²) in [6.45, 7) is 13.5. The lowest BCUT2D eigenvalue weighted by atomic mass is 9.77. The van der Waals surface area contributed by atoms with Crippen LogP contribution in [0.15, 0.2) is 0 Å². The fourth-order valence-electron chi connectivity index (χ4n) is 2.08. The number of hydrogen-bond acceptors (Lipinski definition) is 3. The number of hydrogen-bond donors (Lipinski definition) is 0. The molecular formula is C14H26O3. The van der Waals surface area contributed by atoms with Gasteiger partial charge in [0.15, 0.2) is 0 Å². The molecule has 0 aromatic carbocycles. The predicted octanol–water partition coefficient (Wildman–Crippen LogP) is 3.17. The summed E-state index contributed by atoms with van der Waals surface area (Å²) in [5.74, 6) is 0.179. The third-order valence-corrected chi connectivity index (χ3v) is 3.25. The Bertz CT molecular complexity index is 274. The maximum atomic E-state index is 11.8. The van der Waals surface area contributed by atoms with E-state index in [2.05, 4.69) is 34.6 Å². The van der Waals surface area contributed by atoms with Crippen LogP contribution in [-0.2, 0) is 14.3 Å². The van der Waals surface area contributed by atoms with Crippen LogP contribution >= 0.6 is 0 Å². The first kappa shape index (κ1) is 14.5. The summed E-state index contributed by atoms with van der Waals surface area (Å²) in [4.78, 5) is 11.8. The maximum Gasteiger partial charge on any atom is 0.309 e. The molecule has 100 valence electrons. The molecule has 3 heteroatoms. The van der Waals surface area contributed by atoms with Gasteiger partial charge in [0.2, 0.25) is 0 Å². The average molecular weight is 242 g/mol. The maximum absolute atomic E-state index is 11.8. The van der Waals surface area contributed by atoms with Crippen LogP contribution in [0.2, 0.25) is 0 Å². The summed E-state index contributed by atoms with van der Waals surface area (Å²) >= 11 is 0. The third-order valence-electron chi connectivity index (χ3n) is 3.25. The van der Waals surface area contributed by atoms with E-state index >= 15 is 0 Å². The average Bonchev–Trinajstić information content (AvgIpc) is 2.83. The molecule has 2 atom stereocenters. The zero-order chi connectivity index (χ0) is 13.3. The van der Waals surface area contributed by atoms with Crippen LogP contribution in [0, 0.1) is 11.3 Å². The quantitative estimate of drug-likeness (QED) is 0.549. The Morgan fingerprint density at radius 2 is 1.88 bits per heavy atom. The van der Waals surface area contributed by atoms with Crippen LogP contribution in [0.3, 0.4) is 0 Å². The van der Waals surface area contributed by atoms with Crippen molar-refractivity contribution in [1.29, 1.82) is 0 Å². The summed E-state index contributed by atoms with van der Waals surface area (Å²) in [5.41, 5.74) is -0.237. The first-order valence-electron chi connectivity index (χ1n) is 6.46. The van der Waals surface area contributed by atoms with Crippen molar-refractivity contribution in [2.45, 2.75) is 66.1 Å². The molecular weight excluding hydrogens is 216 g/mol. The van der Waals surface area contributed by atoms with Crippen molar-refractivity contribution in [2.75, 3.05) is 6.61 Å². The molecule has 0 aliphatic carbocycles. The molecule has 0 aromatic heterocycles. The van der Waals surface area contributed by atoms with E-state index in [1.165, 1.54) is 0 Å². The molecule has 1 aliphatic heterocycles. The molecule has 0 radical (unpaired) electrons. The van der Waals surface area contributed by atoms with Gasteiger partial charge in [-0.1, -0.05) is 34.6 Å². The molecule has 1 heterocycles. The molecule has 0 saturated carbocycles. The van der Waals surface area contributed by atoms with Crippen molar-refractivity contribution >= 4 is 5.97 Å². The Balaban J connectivity index is 2.59. The van der Waals surface area contributed by atoms with Crippen LogP contribution in [0.25, 0.3) is 0 Å². The van der Waals surface area contributed by atoms with Crippen molar-refractivity contribution in [1.82, 2.24) is 0 Å². The van der Waals surface area contributed by atoms with Gasteiger partial charge < -0.3 is 9.47 Å². The highest BCUT2D eigenvalue weighted by molar-refractivity contribution is 5.70. The lowest BCUT2D eigenvalue weighted by Crippen LogP contribution is -2.41. The minimum absolute atomic E-state index is 0.105. The predicted molar refractivity (Wildman–Crippen MR) is 67.8 cm³/mol. The molecule has 1 aliphatic rings. The molecule has 3 nitrogen and oxygen atoms in total. The topological polar surface area (TPSA) is 38.8 Å². The second-order valence-corrected chi connectivity index (χ2v) is 6.84. The SMILES string of the molecule is CC(C)C(C)(CC(C)(C)C)OC(=O)CC1CO1. The van der Waals surface area contributed by atoms with Crippen LogP contribution in [0.5, 0.6) is 0 Å². The lowest BCUT2D eigenvalue weighted by molar-refractivity contribution is -0.166. The summed E-state index contributed by atoms with van der Waals surface area (Å²) in [5, 5.41) is 0. The van der Waals surface area contributed by atoms with E-state index in [9.17, 15) is 4.79 Å². The second-order valence-electron chi connectivity index (χ2n) is 6.84. The molecule has 1 saturated heterocycles. The summed E-state index contributed by atoms with van der Waals surface area (Å²) in [7, 11) is 0. The van der Waals surface area contributed by atoms with Gasteiger partial charge in [-0.15, -0.1) is 0 Å². The van der Waals surface area contributed by atoms with Gasteiger partial charge in [0.25, 0.3) is 0 Å². The Kier molecular flexibility index (Phi) is 4.23. The van der Waals surface area contributed by atoms with E-state index < -0.39 is 0 Å². The van der Waals surface area contributed by atoms with Crippen LogP contribution in [0.4, 0.5) is 0 Å². The van der Waals surface area contributed by atoms with Crippen molar-refractivity contribution in [3.05, 3.63) is 0 Å². The first-order valence-corrected chi connectivity index (χ1v) is 6.46. The van der Waals surface area contributed by atoms with Crippen LogP contribution in [-0.4, -0.2) is 24.3 Å². The van der Waals surface area contributed by atoms with Gasteiger partial charge in [0, 0.05) is 0 Å². The smallest absolute Gasteiger partial charge is 0.309 e. The first-order chi connectivity index (χ1) is 7.62. The largest absolute Gasteiger partial charge is 0.459 e.